The van der Waals surface area contributed by atoms with Crippen LogP contribution in [0.15, 0.2) is 158 Å². The van der Waals surface area contributed by atoms with Crippen LogP contribution in [0.25, 0.3) is 44.3 Å². The van der Waals surface area contributed by atoms with Gasteiger partial charge in [-0.1, -0.05) is 81.4 Å². The fourth-order valence-electron chi connectivity index (χ4n) is 7.10. The summed E-state index contributed by atoms with van der Waals surface area (Å²) in [6.07, 6.45) is 6.16. The Morgan fingerprint density at radius 3 is 1.96 bits per heavy atom. The number of para-hydroxylation sites is 3. The first-order chi connectivity index (χ1) is 24.4. The number of aromatic nitrogens is 3. The molecule has 0 spiro atoms. The van der Waals surface area contributed by atoms with Gasteiger partial charge in [-0.05, 0) is 77.7 Å². The quantitative estimate of drug-likeness (QED) is 0.179. The van der Waals surface area contributed by atoms with Crippen molar-refractivity contribution >= 4 is 44.2 Å². The molecule has 1 aliphatic rings. The van der Waals surface area contributed by atoms with Gasteiger partial charge in [0.2, 0.25) is 0 Å². The van der Waals surface area contributed by atoms with E-state index < -0.39 is 0 Å². The Bertz CT molecular complexity index is 2540. The predicted molar refractivity (Wildman–Crippen MR) is 206 cm³/mol. The van der Waals surface area contributed by atoms with Gasteiger partial charge in [-0.15, -0.1) is 0 Å². The normalized spacial score (nSPS) is 13.3. The van der Waals surface area contributed by atoms with Gasteiger partial charge >= 0.3 is 0 Å². The number of pyridine rings is 1. The summed E-state index contributed by atoms with van der Waals surface area (Å²) in [5.41, 5.74) is 9.03. The zero-order valence-electron chi connectivity index (χ0n) is 28.4. The summed E-state index contributed by atoms with van der Waals surface area (Å²) in [6, 6.07) is 48.8. The van der Waals surface area contributed by atoms with Crippen molar-refractivity contribution in [3.8, 4) is 23.0 Å². The molecule has 3 aromatic heterocycles. The van der Waals surface area contributed by atoms with Crippen molar-refractivity contribution in [2.45, 2.75) is 26.2 Å². The number of hydrogen-bond acceptors (Lipinski definition) is 4. The van der Waals surface area contributed by atoms with E-state index in [0.717, 1.165) is 68.5 Å². The van der Waals surface area contributed by atoms with Crippen molar-refractivity contribution < 1.29 is 4.74 Å². The molecule has 50 heavy (non-hydrogen) atoms. The number of hydrogen-bond donors (Lipinski definition) is 0. The Hall–Kier alpha value is -6.27. The molecule has 0 saturated heterocycles. The average Bonchev–Trinajstić information content (AvgIpc) is 3.85. The van der Waals surface area contributed by atoms with Crippen molar-refractivity contribution in [3.63, 3.8) is 0 Å². The molecule has 0 unspecified atom stereocenters. The van der Waals surface area contributed by atoms with E-state index in [4.69, 9.17) is 9.72 Å². The molecule has 6 heteroatoms. The third kappa shape index (κ3) is 5.08. The molecule has 6 nitrogen and oxygen atoms in total. The van der Waals surface area contributed by atoms with Gasteiger partial charge in [-0.3, -0.25) is 4.57 Å². The van der Waals surface area contributed by atoms with E-state index in [9.17, 15) is 0 Å². The number of rotatable bonds is 6. The lowest BCUT2D eigenvalue weighted by Crippen LogP contribution is -2.24. The second kappa shape index (κ2) is 11.7. The fraction of sp³-hybridized carbons (Fsp3) is 0.114. The van der Waals surface area contributed by atoms with Gasteiger partial charge in [0.05, 0.1) is 28.7 Å². The van der Waals surface area contributed by atoms with Crippen LogP contribution in [0.5, 0.6) is 11.5 Å². The minimum Gasteiger partial charge on any atom is -0.457 e. The molecule has 1 aliphatic heterocycles. The molecule has 0 atom stereocenters. The van der Waals surface area contributed by atoms with Crippen molar-refractivity contribution in [2.75, 3.05) is 16.5 Å². The van der Waals surface area contributed by atoms with Crippen LogP contribution in [0, 0.1) is 0 Å². The first kappa shape index (κ1) is 29.8. The SMILES string of the molecule is CC(C)(C)c1ccnc(-n2c3cc(Oc4cccc(N5C=CN(c6ccccc6)C5)c4)ccc3c3c2c2ccccc2n3-c2ccccc2)c1. The lowest BCUT2D eigenvalue weighted by atomic mass is 9.88. The number of ether oxygens (including phenoxy) is 1. The van der Waals surface area contributed by atoms with E-state index in [1.165, 1.54) is 10.9 Å². The molecule has 0 aliphatic carbocycles. The minimum atomic E-state index is -0.0280. The highest BCUT2D eigenvalue weighted by atomic mass is 16.5. The largest absolute Gasteiger partial charge is 0.457 e. The summed E-state index contributed by atoms with van der Waals surface area (Å²) in [6.45, 7) is 7.47. The first-order valence-corrected chi connectivity index (χ1v) is 17.1. The molecule has 0 amide bonds. The Morgan fingerprint density at radius 1 is 0.540 bits per heavy atom. The monoisotopic (exact) mass is 651 g/mol. The van der Waals surface area contributed by atoms with Crippen LogP contribution in [0.3, 0.4) is 0 Å². The van der Waals surface area contributed by atoms with E-state index in [1.807, 2.05) is 18.3 Å². The van der Waals surface area contributed by atoms with Crippen LogP contribution in [-0.4, -0.2) is 20.8 Å². The third-order valence-electron chi connectivity index (χ3n) is 9.60. The van der Waals surface area contributed by atoms with Gasteiger partial charge in [0.25, 0.3) is 0 Å². The lowest BCUT2D eigenvalue weighted by Gasteiger charge is -2.22. The van der Waals surface area contributed by atoms with Crippen molar-refractivity contribution in [1.29, 1.82) is 0 Å². The average molecular weight is 652 g/mol. The van der Waals surface area contributed by atoms with E-state index in [-0.39, 0.29) is 5.41 Å². The fourth-order valence-corrected chi connectivity index (χ4v) is 7.10. The summed E-state index contributed by atoms with van der Waals surface area (Å²) >= 11 is 0. The molecule has 244 valence electrons. The maximum Gasteiger partial charge on any atom is 0.137 e. The van der Waals surface area contributed by atoms with Gasteiger partial charge in [-0.25, -0.2) is 4.98 Å². The van der Waals surface area contributed by atoms with E-state index in [1.54, 1.807) is 0 Å². The Labute approximate surface area is 291 Å². The molecule has 5 aromatic carbocycles. The van der Waals surface area contributed by atoms with Gasteiger partial charge in [0, 0.05) is 58.6 Å². The van der Waals surface area contributed by atoms with Crippen LogP contribution in [-0.2, 0) is 5.41 Å². The van der Waals surface area contributed by atoms with Crippen LogP contribution < -0.4 is 14.5 Å². The third-order valence-corrected chi connectivity index (χ3v) is 9.60. The van der Waals surface area contributed by atoms with Crippen LogP contribution in [0.1, 0.15) is 26.3 Å². The standard InChI is InChI=1S/C44H37N5O/c1-44(2,3)31-23-24-45-41(27-31)49-40-29-36(50-35-18-12-17-34(28-35)47-26-25-46(30-47)32-13-6-4-7-14-32)21-22-38(40)42-43(49)37-19-10-11-20-39(37)48(42)33-15-8-5-9-16-33/h4-29H,30H2,1-3H3. The molecule has 0 bridgehead atoms. The maximum absolute atomic E-state index is 6.64. The minimum absolute atomic E-state index is 0.0280. The van der Waals surface area contributed by atoms with Gasteiger partial charge in [0.1, 0.15) is 17.3 Å². The molecule has 0 N–H and O–H groups in total. The van der Waals surface area contributed by atoms with Crippen LogP contribution in [0.2, 0.25) is 0 Å². The summed E-state index contributed by atoms with van der Waals surface area (Å²) in [5.74, 6) is 2.43. The second-order valence-corrected chi connectivity index (χ2v) is 13.9. The number of benzene rings is 5. The molecular formula is C44H37N5O. The molecule has 4 heterocycles. The van der Waals surface area contributed by atoms with E-state index in [0.29, 0.717) is 0 Å². The summed E-state index contributed by atoms with van der Waals surface area (Å²) in [4.78, 5) is 9.43. The van der Waals surface area contributed by atoms with Gasteiger partial charge < -0.3 is 19.1 Å². The molecular weight excluding hydrogens is 615 g/mol. The summed E-state index contributed by atoms with van der Waals surface area (Å²) in [5, 5.41) is 2.30. The predicted octanol–water partition coefficient (Wildman–Crippen LogP) is 11.0. The topological polar surface area (TPSA) is 38.5 Å². The van der Waals surface area contributed by atoms with Gasteiger partial charge in [-0.2, -0.15) is 0 Å². The Kier molecular flexibility index (Phi) is 6.99. The van der Waals surface area contributed by atoms with Crippen LogP contribution >= 0.6 is 0 Å². The molecule has 0 fully saturated rings. The highest BCUT2D eigenvalue weighted by Crippen LogP contribution is 2.42. The Morgan fingerprint density at radius 2 is 1.18 bits per heavy atom. The zero-order chi connectivity index (χ0) is 33.8. The summed E-state index contributed by atoms with van der Waals surface area (Å²) in [7, 11) is 0. The van der Waals surface area contributed by atoms with E-state index >= 15 is 0 Å². The highest BCUT2D eigenvalue weighted by molar-refractivity contribution is 6.20. The molecule has 0 radical (unpaired) electrons. The smallest absolute Gasteiger partial charge is 0.137 e. The number of nitrogens with zero attached hydrogens (tertiary/aromatic N) is 5. The molecule has 9 rings (SSSR count). The highest BCUT2D eigenvalue weighted by Gasteiger charge is 2.24. The van der Waals surface area contributed by atoms with E-state index in [2.05, 4.69) is 179 Å². The molecule has 8 aromatic rings. The second-order valence-electron chi connectivity index (χ2n) is 13.9. The van der Waals surface area contributed by atoms with Crippen molar-refractivity contribution in [3.05, 3.63) is 164 Å². The van der Waals surface area contributed by atoms with Crippen LogP contribution in [0.4, 0.5) is 11.4 Å². The zero-order valence-corrected chi connectivity index (χ0v) is 28.4. The first-order valence-electron chi connectivity index (χ1n) is 17.1. The summed E-state index contributed by atoms with van der Waals surface area (Å²) < 4.78 is 11.3. The van der Waals surface area contributed by atoms with Crippen molar-refractivity contribution in [1.82, 2.24) is 14.1 Å². The Balaban J connectivity index is 1.18. The van der Waals surface area contributed by atoms with Gasteiger partial charge in [0.15, 0.2) is 0 Å². The van der Waals surface area contributed by atoms with Crippen molar-refractivity contribution in [2.24, 2.45) is 0 Å². The maximum atomic E-state index is 6.64. The number of anilines is 2. The number of fused-ring (bicyclic) bond motifs is 5. The lowest BCUT2D eigenvalue weighted by molar-refractivity contribution is 0.483. The molecule has 0 saturated carbocycles.